The van der Waals surface area contributed by atoms with Gasteiger partial charge in [-0.15, -0.1) is 6.58 Å². The Kier molecular flexibility index (Phi) is 6.64. The van der Waals surface area contributed by atoms with Crippen LogP contribution in [0.2, 0.25) is 10.0 Å². The summed E-state index contributed by atoms with van der Waals surface area (Å²) in [5, 5.41) is 4.70. The number of allylic oxidation sites excluding steroid dienone is 1. The van der Waals surface area contributed by atoms with Gasteiger partial charge < -0.3 is 5.32 Å². The smallest absolute Gasteiger partial charge is 0.0595 e. The Balaban J connectivity index is 2.73. The molecule has 0 aliphatic heterocycles. The Bertz CT molecular complexity index is 363. The van der Waals surface area contributed by atoms with Crippen LogP contribution >= 0.6 is 23.2 Å². The second-order valence-electron chi connectivity index (χ2n) is 4.00. The summed E-state index contributed by atoms with van der Waals surface area (Å²) < 4.78 is 0. The van der Waals surface area contributed by atoms with Gasteiger partial charge in [-0.1, -0.05) is 42.3 Å². The summed E-state index contributed by atoms with van der Waals surface area (Å²) in [6.07, 6.45) is 5.21. The molecule has 0 spiro atoms. The van der Waals surface area contributed by atoms with E-state index in [0.717, 1.165) is 25.8 Å². The number of unbranched alkanes of at least 4 members (excludes halogenated alkanes) is 1. The van der Waals surface area contributed by atoms with Crippen LogP contribution in [0.3, 0.4) is 0 Å². The van der Waals surface area contributed by atoms with Gasteiger partial charge in [0.2, 0.25) is 0 Å². The van der Waals surface area contributed by atoms with Crippen molar-refractivity contribution in [2.24, 2.45) is 0 Å². The fourth-order valence-corrected chi connectivity index (χ4v) is 2.13. The van der Waals surface area contributed by atoms with Crippen molar-refractivity contribution in [3.63, 3.8) is 0 Å². The van der Waals surface area contributed by atoms with Gasteiger partial charge in [-0.25, -0.2) is 0 Å². The second kappa shape index (κ2) is 7.75. The summed E-state index contributed by atoms with van der Waals surface area (Å²) in [7, 11) is 0. The van der Waals surface area contributed by atoms with Crippen molar-refractivity contribution < 1.29 is 0 Å². The Morgan fingerprint density at radius 2 is 2.12 bits per heavy atom. The van der Waals surface area contributed by atoms with E-state index >= 15 is 0 Å². The van der Waals surface area contributed by atoms with Crippen molar-refractivity contribution in [2.75, 3.05) is 6.54 Å². The van der Waals surface area contributed by atoms with E-state index in [1.807, 2.05) is 24.3 Å². The van der Waals surface area contributed by atoms with Gasteiger partial charge in [0.15, 0.2) is 0 Å². The maximum Gasteiger partial charge on any atom is 0.0595 e. The molecule has 1 aromatic carbocycles. The molecule has 1 N–H and O–H groups in total. The second-order valence-corrected chi connectivity index (χ2v) is 4.82. The van der Waals surface area contributed by atoms with Crippen LogP contribution in [0, 0.1) is 0 Å². The van der Waals surface area contributed by atoms with Crippen LogP contribution in [0.5, 0.6) is 0 Å². The number of benzene rings is 1. The van der Waals surface area contributed by atoms with E-state index in [2.05, 4.69) is 18.8 Å². The average Bonchev–Trinajstić information content (AvgIpc) is 2.32. The SMILES string of the molecule is C=CCCCC(NCC)c1ccc(Cl)c(Cl)c1. The zero-order valence-electron chi connectivity index (χ0n) is 10.2. The summed E-state index contributed by atoms with van der Waals surface area (Å²) in [4.78, 5) is 0. The van der Waals surface area contributed by atoms with Gasteiger partial charge in [0, 0.05) is 6.04 Å². The molecule has 94 valence electrons. The van der Waals surface area contributed by atoms with Crippen LogP contribution in [0.1, 0.15) is 37.8 Å². The molecule has 1 unspecified atom stereocenters. The van der Waals surface area contributed by atoms with E-state index in [0.29, 0.717) is 16.1 Å². The zero-order valence-corrected chi connectivity index (χ0v) is 11.7. The Morgan fingerprint density at radius 3 is 2.71 bits per heavy atom. The molecule has 1 rings (SSSR count). The van der Waals surface area contributed by atoms with E-state index in [1.165, 1.54) is 5.56 Å². The molecule has 0 radical (unpaired) electrons. The maximum absolute atomic E-state index is 6.04. The third-order valence-electron chi connectivity index (χ3n) is 2.70. The fourth-order valence-electron chi connectivity index (χ4n) is 1.83. The third-order valence-corrected chi connectivity index (χ3v) is 3.44. The molecule has 1 atom stereocenters. The summed E-state index contributed by atoms with van der Waals surface area (Å²) >= 11 is 12.0. The molecule has 0 fully saturated rings. The standard InChI is InChI=1S/C14H19Cl2N/c1-3-5-6-7-14(17-4-2)11-8-9-12(15)13(16)10-11/h3,8-10,14,17H,1,4-7H2,2H3. The first-order chi connectivity index (χ1) is 8.19. The first-order valence-electron chi connectivity index (χ1n) is 5.98. The number of rotatable bonds is 7. The van der Waals surface area contributed by atoms with Gasteiger partial charge >= 0.3 is 0 Å². The molecule has 0 aromatic heterocycles. The average molecular weight is 272 g/mol. The first-order valence-corrected chi connectivity index (χ1v) is 6.73. The Morgan fingerprint density at radius 1 is 1.35 bits per heavy atom. The highest BCUT2D eigenvalue weighted by molar-refractivity contribution is 6.42. The van der Waals surface area contributed by atoms with Crippen LogP contribution in [-0.2, 0) is 0 Å². The van der Waals surface area contributed by atoms with E-state index < -0.39 is 0 Å². The van der Waals surface area contributed by atoms with Crippen LogP contribution in [0.4, 0.5) is 0 Å². The van der Waals surface area contributed by atoms with Crippen LogP contribution < -0.4 is 5.32 Å². The minimum absolute atomic E-state index is 0.342. The molecular weight excluding hydrogens is 253 g/mol. The van der Waals surface area contributed by atoms with Gasteiger partial charge in [0.25, 0.3) is 0 Å². The summed E-state index contributed by atoms with van der Waals surface area (Å²) in [6, 6.07) is 6.19. The molecule has 0 amide bonds. The molecule has 0 heterocycles. The van der Waals surface area contributed by atoms with Crippen molar-refractivity contribution >= 4 is 23.2 Å². The van der Waals surface area contributed by atoms with Gasteiger partial charge in [0.05, 0.1) is 10.0 Å². The molecule has 0 bridgehead atoms. The molecule has 0 aliphatic rings. The van der Waals surface area contributed by atoms with E-state index in [1.54, 1.807) is 0 Å². The van der Waals surface area contributed by atoms with Crippen LogP contribution in [-0.4, -0.2) is 6.54 Å². The molecule has 0 saturated heterocycles. The summed E-state index contributed by atoms with van der Waals surface area (Å²) in [5.41, 5.74) is 1.20. The number of hydrogen-bond acceptors (Lipinski definition) is 1. The predicted octanol–water partition coefficient (Wildman–Crippen LogP) is 5.00. The van der Waals surface area contributed by atoms with Crippen molar-refractivity contribution in [1.29, 1.82) is 0 Å². The monoisotopic (exact) mass is 271 g/mol. The van der Waals surface area contributed by atoms with Crippen molar-refractivity contribution in [3.05, 3.63) is 46.5 Å². The lowest BCUT2D eigenvalue weighted by Gasteiger charge is -2.18. The minimum Gasteiger partial charge on any atom is -0.310 e. The third kappa shape index (κ3) is 4.71. The van der Waals surface area contributed by atoms with Crippen LogP contribution in [0.15, 0.2) is 30.9 Å². The molecule has 0 saturated carbocycles. The number of hydrogen-bond donors (Lipinski definition) is 1. The number of nitrogens with one attached hydrogen (secondary N) is 1. The van der Waals surface area contributed by atoms with Gasteiger partial charge in [0.1, 0.15) is 0 Å². The van der Waals surface area contributed by atoms with Gasteiger partial charge in [-0.05, 0) is 43.5 Å². The Hall–Kier alpha value is -0.500. The largest absolute Gasteiger partial charge is 0.310 e. The molecule has 1 aromatic rings. The highest BCUT2D eigenvalue weighted by Crippen LogP contribution is 2.27. The van der Waals surface area contributed by atoms with Crippen molar-refractivity contribution in [1.82, 2.24) is 5.32 Å². The normalized spacial score (nSPS) is 12.4. The van der Waals surface area contributed by atoms with Gasteiger partial charge in [-0.2, -0.15) is 0 Å². The molecule has 0 aliphatic carbocycles. The maximum atomic E-state index is 6.04. The molecular formula is C14H19Cl2N. The Labute approximate surface area is 114 Å². The number of halogens is 2. The minimum atomic E-state index is 0.342. The molecule has 17 heavy (non-hydrogen) atoms. The highest BCUT2D eigenvalue weighted by atomic mass is 35.5. The highest BCUT2D eigenvalue weighted by Gasteiger charge is 2.11. The lowest BCUT2D eigenvalue weighted by atomic mass is 10.0. The molecule has 3 heteroatoms. The van der Waals surface area contributed by atoms with E-state index in [4.69, 9.17) is 23.2 Å². The van der Waals surface area contributed by atoms with E-state index in [9.17, 15) is 0 Å². The topological polar surface area (TPSA) is 12.0 Å². The van der Waals surface area contributed by atoms with Crippen molar-refractivity contribution in [3.8, 4) is 0 Å². The molecule has 1 nitrogen and oxygen atoms in total. The predicted molar refractivity (Wildman–Crippen MR) is 76.9 cm³/mol. The van der Waals surface area contributed by atoms with Crippen LogP contribution in [0.25, 0.3) is 0 Å². The van der Waals surface area contributed by atoms with Crippen molar-refractivity contribution in [2.45, 2.75) is 32.2 Å². The first kappa shape index (κ1) is 14.6. The quantitative estimate of drug-likeness (QED) is 0.544. The lowest BCUT2D eigenvalue weighted by molar-refractivity contribution is 0.500. The van der Waals surface area contributed by atoms with E-state index in [-0.39, 0.29) is 0 Å². The van der Waals surface area contributed by atoms with Gasteiger partial charge in [-0.3, -0.25) is 0 Å². The lowest BCUT2D eigenvalue weighted by Crippen LogP contribution is -2.20. The summed E-state index contributed by atoms with van der Waals surface area (Å²) in [5.74, 6) is 0. The fraction of sp³-hybridized carbons (Fsp3) is 0.429. The summed E-state index contributed by atoms with van der Waals surface area (Å²) in [6.45, 7) is 6.80. The zero-order chi connectivity index (χ0) is 12.7.